The first-order valence-electron chi connectivity index (χ1n) is 8.66. The van der Waals surface area contributed by atoms with E-state index in [0.717, 1.165) is 35.5 Å². The third-order valence-electron chi connectivity index (χ3n) is 4.73. The molecule has 1 fully saturated rings. The second-order valence-electron chi connectivity index (χ2n) is 6.74. The van der Waals surface area contributed by atoms with Crippen molar-refractivity contribution in [2.45, 2.75) is 31.8 Å². The summed E-state index contributed by atoms with van der Waals surface area (Å²) >= 11 is 0. The van der Waals surface area contributed by atoms with E-state index in [-0.39, 0.29) is 11.6 Å². The summed E-state index contributed by atoms with van der Waals surface area (Å²) in [5.74, 6) is 1.53. The normalized spacial score (nSPS) is 16.8. The molecule has 0 aromatic heterocycles. The van der Waals surface area contributed by atoms with Crippen LogP contribution in [0.1, 0.15) is 29.5 Å². The Morgan fingerprint density at radius 3 is 2.64 bits per heavy atom. The molecule has 1 aliphatic carbocycles. The highest BCUT2D eigenvalue weighted by atomic mass is 16.6. The molecule has 0 bridgehead atoms. The van der Waals surface area contributed by atoms with Gasteiger partial charge in [0.25, 0.3) is 0 Å². The van der Waals surface area contributed by atoms with E-state index in [4.69, 9.17) is 9.47 Å². The van der Waals surface area contributed by atoms with E-state index in [9.17, 15) is 4.79 Å². The number of amides is 2. The van der Waals surface area contributed by atoms with Crippen molar-refractivity contribution in [1.29, 1.82) is 0 Å². The van der Waals surface area contributed by atoms with Crippen LogP contribution in [-0.4, -0.2) is 19.2 Å². The lowest BCUT2D eigenvalue weighted by Crippen LogP contribution is -2.42. The minimum absolute atomic E-state index is 0.145. The van der Waals surface area contributed by atoms with Crippen molar-refractivity contribution in [3.8, 4) is 11.5 Å². The molecule has 1 aliphatic heterocycles. The Morgan fingerprint density at radius 2 is 1.88 bits per heavy atom. The molecule has 1 saturated carbocycles. The maximum absolute atomic E-state index is 12.3. The number of carbonyl (C=O) groups excluding carboxylic acids is 1. The fraction of sp³-hybridized carbons (Fsp3) is 0.350. The number of rotatable bonds is 4. The lowest BCUT2D eigenvalue weighted by atomic mass is 10.0. The Balaban J connectivity index is 1.40. The highest BCUT2D eigenvalue weighted by Gasteiger charge is 2.46. The Kier molecular flexibility index (Phi) is 3.99. The second-order valence-corrected chi connectivity index (χ2v) is 6.74. The highest BCUT2D eigenvalue weighted by Crippen LogP contribution is 2.47. The van der Waals surface area contributed by atoms with Crippen LogP contribution < -0.4 is 20.1 Å². The Bertz CT molecular complexity index is 799. The lowest BCUT2D eigenvalue weighted by Gasteiger charge is -2.23. The van der Waals surface area contributed by atoms with E-state index in [1.165, 1.54) is 5.56 Å². The van der Waals surface area contributed by atoms with E-state index in [1.54, 1.807) is 0 Å². The molecule has 2 aliphatic rings. The molecule has 0 saturated heterocycles. The summed E-state index contributed by atoms with van der Waals surface area (Å²) in [5, 5.41) is 6.08. The van der Waals surface area contributed by atoms with Crippen molar-refractivity contribution in [2.24, 2.45) is 0 Å². The molecule has 0 atom stereocenters. The number of urea groups is 1. The van der Waals surface area contributed by atoms with Crippen LogP contribution in [0.4, 0.5) is 4.79 Å². The zero-order valence-electron chi connectivity index (χ0n) is 14.3. The molecule has 5 heteroatoms. The lowest BCUT2D eigenvalue weighted by molar-refractivity contribution is 0.171. The molecule has 2 N–H and O–H groups in total. The summed E-state index contributed by atoms with van der Waals surface area (Å²) in [4.78, 5) is 12.3. The minimum atomic E-state index is -0.285. The fourth-order valence-corrected chi connectivity index (χ4v) is 3.22. The van der Waals surface area contributed by atoms with Crippen LogP contribution in [0.3, 0.4) is 0 Å². The number of nitrogens with one attached hydrogen (secondary N) is 2. The molecule has 2 amide bonds. The summed E-state index contributed by atoms with van der Waals surface area (Å²) in [6, 6.07) is 13.9. The van der Waals surface area contributed by atoms with Crippen molar-refractivity contribution in [3.05, 3.63) is 59.2 Å². The molecule has 130 valence electrons. The van der Waals surface area contributed by atoms with Gasteiger partial charge in [0.05, 0.1) is 5.54 Å². The van der Waals surface area contributed by atoms with Crippen LogP contribution >= 0.6 is 0 Å². The van der Waals surface area contributed by atoms with Crippen molar-refractivity contribution in [3.63, 3.8) is 0 Å². The van der Waals surface area contributed by atoms with Gasteiger partial charge >= 0.3 is 6.03 Å². The van der Waals surface area contributed by atoms with Gasteiger partial charge in [0.2, 0.25) is 0 Å². The molecule has 4 rings (SSSR count). The quantitative estimate of drug-likeness (QED) is 0.900. The standard InChI is InChI=1S/C20H22N2O3/c1-14-3-2-4-15(11-14)13-21-19(23)22-20(7-8-20)16-5-6-17-18(12-16)25-10-9-24-17/h2-6,11-12H,7-10,13H2,1H3,(H2,21,22,23). The summed E-state index contributed by atoms with van der Waals surface area (Å²) < 4.78 is 11.2. The Hall–Kier alpha value is -2.69. The molecule has 0 radical (unpaired) electrons. The molecule has 1 heterocycles. The van der Waals surface area contributed by atoms with E-state index in [2.05, 4.69) is 16.7 Å². The summed E-state index contributed by atoms with van der Waals surface area (Å²) in [6.07, 6.45) is 1.87. The third kappa shape index (κ3) is 3.40. The van der Waals surface area contributed by atoms with Gasteiger partial charge in [-0.15, -0.1) is 0 Å². The topological polar surface area (TPSA) is 59.6 Å². The predicted octanol–water partition coefficient (Wildman–Crippen LogP) is 3.25. The summed E-state index contributed by atoms with van der Waals surface area (Å²) in [6.45, 7) is 3.71. The van der Waals surface area contributed by atoms with Crippen LogP contribution in [0, 0.1) is 6.92 Å². The molecular formula is C20H22N2O3. The minimum Gasteiger partial charge on any atom is -0.486 e. The number of benzene rings is 2. The van der Waals surface area contributed by atoms with Crippen LogP contribution in [-0.2, 0) is 12.1 Å². The molecule has 5 nitrogen and oxygen atoms in total. The monoisotopic (exact) mass is 338 g/mol. The van der Waals surface area contributed by atoms with Gasteiger partial charge in [-0.3, -0.25) is 0 Å². The molecular weight excluding hydrogens is 316 g/mol. The van der Waals surface area contributed by atoms with Crippen molar-refractivity contribution < 1.29 is 14.3 Å². The highest BCUT2D eigenvalue weighted by molar-refractivity contribution is 5.75. The number of ether oxygens (including phenoxy) is 2. The smallest absolute Gasteiger partial charge is 0.315 e. The Morgan fingerprint density at radius 1 is 1.08 bits per heavy atom. The maximum Gasteiger partial charge on any atom is 0.315 e. The Labute approximate surface area is 147 Å². The van der Waals surface area contributed by atoms with Crippen LogP contribution in [0.2, 0.25) is 0 Å². The third-order valence-corrected chi connectivity index (χ3v) is 4.73. The average molecular weight is 338 g/mol. The average Bonchev–Trinajstić information content (AvgIpc) is 3.40. The summed E-state index contributed by atoms with van der Waals surface area (Å²) in [7, 11) is 0. The fourth-order valence-electron chi connectivity index (χ4n) is 3.22. The van der Waals surface area contributed by atoms with Crippen LogP contribution in [0.15, 0.2) is 42.5 Å². The largest absolute Gasteiger partial charge is 0.486 e. The van der Waals surface area contributed by atoms with Gasteiger partial charge in [-0.25, -0.2) is 4.79 Å². The molecule has 25 heavy (non-hydrogen) atoms. The van der Waals surface area contributed by atoms with Crippen molar-refractivity contribution >= 4 is 6.03 Å². The van der Waals surface area contributed by atoms with Gasteiger partial charge in [-0.05, 0) is 43.0 Å². The number of carbonyl (C=O) groups is 1. The molecule has 0 spiro atoms. The SMILES string of the molecule is Cc1cccc(CNC(=O)NC2(c3ccc4c(c3)OCCO4)CC2)c1. The van der Waals surface area contributed by atoms with Gasteiger partial charge in [-0.1, -0.05) is 35.9 Å². The van der Waals surface area contributed by atoms with E-state index < -0.39 is 0 Å². The zero-order chi connectivity index (χ0) is 17.3. The first-order chi connectivity index (χ1) is 12.1. The van der Waals surface area contributed by atoms with Gasteiger partial charge in [0, 0.05) is 6.54 Å². The zero-order valence-corrected chi connectivity index (χ0v) is 14.3. The van der Waals surface area contributed by atoms with Gasteiger partial charge in [0.15, 0.2) is 11.5 Å². The number of hydrogen-bond donors (Lipinski definition) is 2. The van der Waals surface area contributed by atoms with E-state index in [0.29, 0.717) is 19.8 Å². The first-order valence-corrected chi connectivity index (χ1v) is 8.66. The molecule has 2 aromatic rings. The molecule has 0 unspecified atom stereocenters. The van der Waals surface area contributed by atoms with Gasteiger partial charge in [0.1, 0.15) is 13.2 Å². The van der Waals surface area contributed by atoms with E-state index >= 15 is 0 Å². The summed E-state index contributed by atoms with van der Waals surface area (Å²) in [5.41, 5.74) is 3.07. The van der Waals surface area contributed by atoms with Gasteiger partial charge < -0.3 is 20.1 Å². The predicted molar refractivity (Wildman–Crippen MR) is 94.9 cm³/mol. The van der Waals surface area contributed by atoms with Crippen LogP contribution in [0.5, 0.6) is 11.5 Å². The first kappa shape index (κ1) is 15.8. The van der Waals surface area contributed by atoms with E-state index in [1.807, 2.05) is 43.3 Å². The van der Waals surface area contributed by atoms with Crippen molar-refractivity contribution in [2.75, 3.05) is 13.2 Å². The maximum atomic E-state index is 12.3. The number of hydrogen-bond acceptors (Lipinski definition) is 3. The molecule has 2 aromatic carbocycles. The number of fused-ring (bicyclic) bond motifs is 1. The van der Waals surface area contributed by atoms with Crippen molar-refractivity contribution in [1.82, 2.24) is 10.6 Å². The van der Waals surface area contributed by atoms with Crippen LogP contribution in [0.25, 0.3) is 0 Å². The number of aryl methyl sites for hydroxylation is 1. The second kappa shape index (κ2) is 6.31. The van der Waals surface area contributed by atoms with Gasteiger partial charge in [-0.2, -0.15) is 0 Å².